The summed E-state index contributed by atoms with van der Waals surface area (Å²) in [5.74, 6) is 0.643. The Balaban J connectivity index is 1.06. The molecule has 56 heavy (non-hydrogen) atoms. The molecule has 0 N–H and O–H groups in total. The first kappa shape index (κ1) is 31.9. The normalized spacial score (nSPS) is 11.6. The molecule has 11 rings (SSSR count). The minimum absolute atomic E-state index is 0.643. The van der Waals surface area contributed by atoms with Crippen molar-refractivity contribution < 1.29 is 8.83 Å². The summed E-state index contributed by atoms with van der Waals surface area (Å²) >= 11 is 0. The summed E-state index contributed by atoms with van der Waals surface area (Å²) in [6, 6.07) is 67.4. The van der Waals surface area contributed by atoms with Gasteiger partial charge in [0.15, 0.2) is 5.82 Å². The van der Waals surface area contributed by atoms with Crippen LogP contribution in [0.3, 0.4) is 0 Å². The van der Waals surface area contributed by atoms with Gasteiger partial charge in [-0.2, -0.15) is 0 Å². The highest BCUT2D eigenvalue weighted by Gasteiger charge is 2.19. The van der Waals surface area contributed by atoms with Crippen LogP contribution in [0, 0.1) is 0 Å². The molecule has 4 heteroatoms. The van der Waals surface area contributed by atoms with Crippen LogP contribution in [0.5, 0.6) is 0 Å². The minimum Gasteiger partial charge on any atom is -0.456 e. The van der Waals surface area contributed by atoms with Gasteiger partial charge in [0, 0.05) is 38.2 Å². The van der Waals surface area contributed by atoms with E-state index in [-0.39, 0.29) is 0 Å². The van der Waals surface area contributed by atoms with E-state index in [1.54, 1.807) is 0 Å². The Labute approximate surface area is 323 Å². The monoisotopic (exact) mass is 716 g/mol. The van der Waals surface area contributed by atoms with E-state index < -0.39 is 0 Å². The van der Waals surface area contributed by atoms with Crippen molar-refractivity contribution in [3.8, 4) is 67.3 Å². The number of furan rings is 2. The molecule has 0 aliphatic carbocycles. The number of hydrogen-bond acceptors (Lipinski definition) is 4. The second-order valence-corrected chi connectivity index (χ2v) is 14.1. The van der Waals surface area contributed by atoms with Crippen molar-refractivity contribution in [3.63, 3.8) is 0 Å². The summed E-state index contributed by atoms with van der Waals surface area (Å²) in [5, 5.41) is 4.19. The third-order valence-electron chi connectivity index (χ3n) is 10.7. The van der Waals surface area contributed by atoms with Gasteiger partial charge in [0.1, 0.15) is 22.3 Å². The summed E-state index contributed by atoms with van der Waals surface area (Å²) in [6.07, 6.45) is 0. The van der Waals surface area contributed by atoms with Gasteiger partial charge < -0.3 is 8.83 Å². The van der Waals surface area contributed by atoms with E-state index in [9.17, 15) is 0 Å². The second-order valence-electron chi connectivity index (χ2n) is 14.1. The number of rotatable bonds is 6. The molecular weight excluding hydrogens is 685 g/mol. The highest BCUT2D eigenvalue weighted by atomic mass is 16.3. The number of hydrogen-bond donors (Lipinski definition) is 0. The molecule has 0 aliphatic rings. The summed E-state index contributed by atoms with van der Waals surface area (Å²) in [4.78, 5) is 10.4. The van der Waals surface area contributed by atoms with Crippen LogP contribution >= 0.6 is 0 Å². The molecule has 0 unspecified atom stereocenters. The van der Waals surface area contributed by atoms with Gasteiger partial charge in [-0.05, 0) is 81.9 Å². The molecule has 0 atom stereocenters. The summed E-state index contributed by atoms with van der Waals surface area (Å²) in [6.45, 7) is 0. The molecule has 11 aromatic rings. The largest absolute Gasteiger partial charge is 0.456 e. The second kappa shape index (κ2) is 13.1. The standard InChI is InChI=1S/C52H32N2O2/c1-3-13-33(14-4-1)35-17-9-18-36(29-35)37-19-10-20-38(30-37)39-27-28-48-44(31-39)50-42(23-12-26-49(50)55-48)45-32-46(54-52(53-45)34-15-5-2-6-16-34)43-24-11-22-41-40-21-7-8-25-47(40)56-51(41)43/h1-32H. The van der Waals surface area contributed by atoms with Crippen LogP contribution in [0.15, 0.2) is 203 Å². The lowest BCUT2D eigenvalue weighted by Gasteiger charge is -2.11. The summed E-state index contributed by atoms with van der Waals surface area (Å²) in [5.41, 5.74) is 14.7. The molecule has 0 saturated heterocycles. The summed E-state index contributed by atoms with van der Waals surface area (Å²) in [7, 11) is 0. The Bertz CT molecular complexity index is 3250. The smallest absolute Gasteiger partial charge is 0.160 e. The first-order valence-corrected chi connectivity index (χ1v) is 18.8. The number of para-hydroxylation sites is 2. The van der Waals surface area contributed by atoms with Gasteiger partial charge >= 0.3 is 0 Å². The van der Waals surface area contributed by atoms with Gasteiger partial charge in [-0.1, -0.05) is 146 Å². The maximum absolute atomic E-state index is 6.52. The van der Waals surface area contributed by atoms with Crippen LogP contribution in [-0.2, 0) is 0 Å². The Morgan fingerprint density at radius 1 is 0.304 bits per heavy atom. The van der Waals surface area contributed by atoms with Crippen molar-refractivity contribution in [1.82, 2.24) is 9.97 Å². The summed E-state index contributed by atoms with van der Waals surface area (Å²) < 4.78 is 13.0. The minimum atomic E-state index is 0.643. The number of aromatic nitrogens is 2. The Kier molecular flexibility index (Phi) is 7.46. The van der Waals surface area contributed by atoms with E-state index in [4.69, 9.17) is 18.8 Å². The zero-order valence-electron chi connectivity index (χ0n) is 30.2. The van der Waals surface area contributed by atoms with E-state index in [0.717, 1.165) is 83.1 Å². The quantitative estimate of drug-likeness (QED) is 0.172. The van der Waals surface area contributed by atoms with Crippen LogP contribution in [0.25, 0.3) is 111 Å². The lowest BCUT2D eigenvalue weighted by Crippen LogP contribution is -1.96. The zero-order valence-corrected chi connectivity index (χ0v) is 30.2. The maximum atomic E-state index is 6.52. The van der Waals surface area contributed by atoms with E-state index >= 15 is 0 Å². The zero-order chi connectivity index (χ0) is 37.0. The van der Waals surface area contributed by atoms with Gasteiger partial charge in [0.2, 0.25) is 0 Å². The van der Waals surface area contributed by atoms with Gasteiger partial charge in [0.25, 0.3) is 0 Å². The van der Waals surface area contributed by atoms with Crippen LogP contribution in [0.1, 0.15) is 0 Å². The Morgan fingerprint density at radius 3 is 1.57 bits per heavy atom. The van der Waals surface area contributed by atoms with Gasteiger partial charge in [0.05, 0.1) is 11.4 Å². The fourth-order valence-electron chi connectivity index (χ4n) is 8.00. The SMILES string of the molecule is c1ccc(-c2cccc(-c3cccc(-c4ccc5oc6cccc(-c7cc(-c8cccc9c8oc8ccccc89)nc(-c8ccccc8)n7)c6c5c4)c3)c2)cc1. The highest BCUT2D eigenvalue weighted by Crippen LogP contribution is 2.41. The number of benzene rings is 8. The maximum Gasteiger partial charge on any atom is 0.160 e. The predicted molar refractivity (Wildman–Crippen MR) is 229 cm³/mol. The van der Waals surface area contributed by atoms with Gasteiger partial charge in [-0.15, -0.1) is 0 Å². The third-order valence-corrected chi connectivity index (χ3v) is 10.7. The average Bonchev–Trinajstić information content (AvgIpc) is 3.85. The molecule has 262 valence electrons. The average molecular weight is 717 g/mol. The van der Waals surface area contributed by atoms with Gasteiger partial charge in [-0.3, -0.25) is 0 Å². The Morgan fingerprint density at radius 2 is 0.821 bits per heavy atom. The lowest BCUT2D eigenvalue weighted by molar-refractivity contribution is 0.669. The highest BCUT2D eigenvalue weighted by molar-refractivity contribution is 6.14. The molecule has 0 fully saturated rings. The fraction of sp³-hybridized carbons (Fsp3) is 0. The van der Waals surface area contributed by atoms with Crippen molar-refractivity contribution in [1.29, 1.82) is 0 Å². The molecule has 3 heterocycles. The number of nitrogens with zero attached hydrogens (tertiary/aromatic N) is 2. The van der Waals surface area contributed by atoms with E-state index in [1.807, 2.05) is 48.5 Å². The molecule has 0 saturated carbocycles. The van der Waals surface area contributed by atoms with Crippen LogP contribution in [0.4, 0.5) is 0 Å². The molecule has 0 spiro atoms. The van der Waals surface area contributed by atoms with E-state index in [0.29, 0.717) is 5.82 Å². The van der Waals surface area contributed by atoms with Crippen molar-refractivity contribution in [2.75, 3.05) is 0 Å². The van der Waals surface area contributed by atoms with Crippen LogP contribution < -0.4 is 0 Å². The van der Waals surface area contributed by atoms with E-state index in [2.05, 4.69) is 146 Å². The molecule has 4 nitrogen and oxygen atoms in total. The molecule has 0 radical (unpaired) electrons. The first-order valence-electron chi connectivity index (χ1n) is 18.8. The topological polar surface area (TPSA) is 52.1 Å². The molecule has 0 amide bonds. The van der Waals surface area contributed by atoms with Crippen molar-refractivity contribution in [2.24, 2.45) is 0 Å². The van der Waals surface area contributed by atoms with Crippen LogP contribution in [0.2, 0.25) is 0 Å². The third kappa shape index (κ3) is 5.47. The van der Waals surface area contributed by atoms with Crippen LogP contribution in [-0.4, -0.2) is 9.97 Å². The molecule has 3 aromatic heterocycles. The molecule has 8 aromatic carbocycles. The Hall–Kier alpha value is -7.56. The predicted octanol–water partition coefficient (Wildman–Crippen LogP) is 14.3. The van der Waals surface area contributed by atoms with Crippen molar-refractivity contribution >= 4 is 43.9 Å². The lowest BCUT2D eigenvalue weighted by atomic mass is 9.95. The molecular formula is C52H32N2O2. The molecule has 0 bridgehead atoms. The van der Waals surface area contributed by atoms with E-state index in [1.165, 1.54) is 22.3 Å². The number of fused-ring (bicyclic) bond motifs is 6. The first-order chi connectivity index (χ1) is 27.7. The molecule has 0 aliphatic heterocycles. The fourth-order valence-corrected chi connectivity index (χ4v) is 8.00. The van der Waals surface area contributed by atoms with Gasteiger partial charge in [-0.25, -0.2) is 9.97 Å². The van der Waals surface area contributed by atoms with Crippen molar-refractivity contribution in [3.05, 3.63) is 194 Å². The van der Waals surface area contributed by atoms with Crippen molar-refractivity contribution in [2.45, 2.75) is 0 Å².